The lowest BCUT2D eigenvalue weighted by Gasteiger charge is -2.39. The number of hydrogen-bond acceptors (Lipinski definition) is 6. The molecule has 1 saturated heterocycles. The predicted molar refractivity (Wildman–Crippen MR) is 68.2 cm³/mol. The number of esters is 1. The fraction of sp³-hybridized carbons (Fsp3) is 0.667. The summed E-state index contributed by atoms with van der Waals surface area (Å²) in [6.07, 6.45) is 1.12. The van der Waals surface area contributed by atoms with Gasteiger partial charge in [0.1, 0.15) is 11.9 Å². The van der Waals surface area contributed by atoms with E-state index in [0.29, 0.717) is 13.1 Å². The molecule has 0 atom stereocenters. The molecule has 1 fully saturated rings. The predicted octanol–water partition coefficient (Wildman–Crippen LogP) is 0.856. The van der Waals surface area contributed by atoms with Crippen LogP contribution >= 0.6 is 0 Å². The van der Waals surface area contributed by atoms with Gasteiger partial charge >= 0.3 is 12.1 Å². The zero-order valence-electron chi connectivity index (χ0n) is 12.0. The van der Waals surface area contributed by atoms with Crippen molar-refractivity contribution in [3.63, 3.8) is 0 Å². The Morgan fingerprint density at radius 1 is 1.35 bits per heavy atom. The van der Waals surface area contributed by atoms with Gasteiger partial charge in [-0.05, 0) is 20.8 Å². The van der Waals surface area contributed by atoms with E-state index in [1.165, 1.54) is 13.4 Å². The first-order chi connectivity index (χ1) is 9.30. The summed E-state index contributed by atoms with van der Waals surface area (Å²) in [5, 5.41) is 4.02. The Balaban J connectivity index is 1.89. The summed E-state index contributed by atoms with van der Waals surface area (Å²) in [7, 11) is 1.27. The van der Waals surface area contributed by atoms with Crippen LogP contribution in [0.1, 0.15) is 37.4 Å². The van der Waals surface area contributed by atoms with E-state index in [1.807, 2.05) is 20.8 Å². The molecule has 0 N–H and O–H groups in total. The third-order valence-electron chi connectivity index (χ3n) is 2.76. The van der Waals surface area contributed by atoms with E-state index < -0.39 is 11.6 Å². The van der Waals surface area contributed by atoms with Crippen molar-refractivity contribution in [2.24, 2.45) is 0 Å². The molecule has 110 valence electrons. The second-order valence-electron chi connectivity index (χ2n) is 5.58. The molecule has 0 unspecified atom stereocenters. The molecule has 0 aromatic carbocycles. The van der Waals surface area contributed by atoms with E-state index >= 15 is 0 Å². The van der Waals surface area contributed by atoms with E-state index in [4.69, 9.17) is 4.74 Å². The number of aromatic nitrogens is 3. The Morgan fingerprint density at radius 2 is 2.00 bits per heavy atom. The molecular weight excluding hydrogens is 264 g/mol. The van der Waals surface area contributed by atoms with Crippen molar-refractivity contribution in [1.82, 2.24) is 19.7 Å². The van der Waals surface area contributed by atoms with Gasteiger partial charge in [0.05, 0.1) is 13.2 Å². The lowest BCUT2D eigenvalue weighted by Crippen LogP contribution is -2.52. The van der Waals surface area contributed by atoms with Gasteiger partial charge < -0.3 is 14.4 Å². The molecule has 0 bridgehead atoms. The van der Waals surface area contributed by atoms with Gasteiger partial charge in [-0.3, -0.25) is 0 Å². The van der Waals surface area contributed by atoms with Crippen LogP contribution in [0.4, 0.5) is 4.79 Å². The number of nitrogens with zero attached hydrogens (tertiary/aromatic N) is 4. The summed E-state index contributed by atoms with van der Waals surface area (Å²) in [5.74, 6) is -0.560. The van der Waals surface area contributed by atoms with Crippen LogP contribution in [-0.2, 0) is 9.47 Å². The molecule has 0 spiro atoms. The average Bonchev–Trinajstić information content (AvgIpc) is 2.72. The second-order valence-corrected chi connectivity index (χ2v) is 5.58. The first-order valence-corrected chi connectivity index (χ1v) is 6.27. The Hall–Kier alpha value is -2.12. The summed E-state index contributed by atoms with van der Waals surface area (Å²) in [6, 6.07) is 0.00780. The number of ether oxygens (including phenoxy) is 2. The molecule has 0 saturated carbocycles. The highest BCUT2D eigenvalue weighted by atomic mass is 16.6. The quantitative estimate of drug-likeness (QED) is 0.748. The van der Waals surface area contributed by atoms with Crippen molar-refractivity contribution >= 4 is 12.1 Å². The minimum atomic E-state index is -0.577. The van der Waals surface area contributed by atoms with E-state index in [2.05, 4.69) is 14.8 Å². The first kappa shape index (κ1) is 14.3. The van der Waals surface area contributed by atoms with Crippen molar-refractivity contribution in [2.75, 3.05) is 20.2 Å². The molecule has 1 aromatic rings. The van der Waals surface area contributed by atoms with Crippen molar-refractivity contribution in [1.29, 1.82) is 0 Å². The maximum absolute atomic E-state index is 11.8. The summed E-state index contributed by atoms with van der Waals surface area (Å²) in [4.78, 5) is 28.4. The minimum absolute atomic E-state index is 0.00780. The highest BCUT2D eigenvalue weighted by molar-refractivity contribution is 5.84. The van der Waals surface area contributed by atoms with Gasteiger partial charge in [-0.1, -0.05) is 0 Å². The number of likely N-dealkylation sites (tertiary alicyclic amines) is 1. The van der Waals surface area contributed by atoms with Crippen LogP contribution in [-0.4, -0.2) is 57.5 Å². The number of carbonyl (C=O) groups excluding carboxylic acids is 2. The summed E-state index contributed by atoms with van der Waals surface area (Å²) in [6.45, 7) is 6.43. The van der Waals surface area contributed by atoms with Crippen molar-refractivity contribution < 1.29 is 19.1 Å². The van der Waals surface area contributed by atoms with Crippen LogP contribution in [0.5, 0.6) is 0 Å². The van der Waals surface area contributed by atoms with Crippen LogP contribution in [0, 0.1) is 0 Å². The second kappa shape index (κ2) is 5.10. The highest BCUT2D eigenvalue weighted by Crippen LogP contribution is 2.22. The molecule has 20 heavy (non-hydrogen) atoms. The topological polar surface area (TPSA) is 86.6 Å². The zero-order valence-corrected chi connectivity index (χ0v) is 12.0. The van der Waals surface area contributed by atoms with Gasteiger partial charge in [-0.2, -0.15) is 0 Å². The SMILES string of the molecule is COC(=O)c1ncn(C2CN(C(=O)OC(C)(C)C)C2)n1. The Kier molecular flexibility index (Phi) is 3.65. The van der Waals surface area contributed by atoms with Gasteiger partial charge in [-0.25, -0.2) is 19.3 Å². The molecule has 0 aliphatic carbocycles. The van der Waals surface area contributed by atoms with Gasteiger partial charge in [-0.15, -0.1) is 5.10 Å². The molecule has 8 nitrogen and oxygen atoms in total. The van der Waals surface area contributed by atoms with E-state index in [9.17, 15) is 9.59 Å². The van der Waals surface area contributed by atoms with Crippen LogP contribution in [0.3, 0.4) is 0 Å². The Labute approximate surface area is 116 Å². The molecule has 1 aliphatic heterocycles. The smallest absolute Gasteiger partial charge is 0.410 e. The van der Waals surface area contributed by atoms with Crippen LogP contribution in [0.25, 0.3) is 0 Å². The fourth-order valence-electron chi connectivity index (χ4n) is 1.73. The lowest BCUT2D eigenvalue weighted by atomic mass is 10.1. The number of methoxy groups -OCH3 is 1. The normalized spacial score (nSPS) is 15.7. The van der Waals surface area contributed by atoms with Crippen LogP contribution < -0.4 is 0 Å². The summed E-state index contributed by atoms with van der Waals surface area (Å²) < 4.78 is 11.4. The molecule has 2 heterocycles. The number of amides is 1. The number of hydrogen-bond donors (Lipinski definition) is 0. The Morgan fingerprint density at radius 3 is 2.55 bits per heavy atom. The highest BCUT2D eigenvalue weighted by Gasteiger charge is 2.35. The summed E-state index contributed by atoms with van der Waals surface area (Å²) in [5.41, 5.74) is -0.506. The molecule has 2 rings (SSSR count). The maximum Gasteiger partial charge on any atom is 0.410 e. The number of rotatable bonds is 2. The molecule has 8 heteroatoms. The zero-order chi connectivity index (χ0) is 14.9. The van der Waals surface area contributed by atoms with Crippen molar-refractivity contribution in [2.45, 2.75) is 32.4 Å². The van der Waals surface area contributed by atoms with Crippen LogP contribution in [0.2, 0.25) is 0 Å². The third-order valence-corrected chi connectivity index (χ3v) is 2.76. The van der Waals surface area contributed by atoms with Crippen LogP contribution in [0.15, 0.2) is 6.33 Å². The largest absolute Gasteiger partial charge is 0.463 e. The van der Waals surface area contributed by atoms with Crippen molar-refractivity contribution in [3.05, 3.63) is 12.2 Å². The minimum Gasteiger partial charge on any atom is -0.463 e. The molecular formula is C12H18N4O4. The van der Waals surface area contributed by atoms with E-state index in [1.54, 1.807) is 9.58 Å². The van der Waals surface area contributed by atoms with Gasteiger partial charge in [0, 0.05) is 13.1 Å². The van der Waals surface area contributed by atoms with Crippen molar-refractivity contribution in [3.8, 4) is 0 Å². The molecule has 1 aromatic heterocycles. The van der Waals surface area contributed by atoms with E-state index in [-0.39, 0.29) is 18.0 Å². The molecule has 1 amide bonds. The van der Waals surface area contributed by atoms with Gasteiger partial charge in [0.25, 0.3) is 5.82 Å². The third kappa shape index (κ3) is 3.06. The molecule has 0 radical (unpaired) electrons. The van der Waals surface area contributed by atoms with Gasteiger partial charge in [0.15, 0.2) is 0 Å². The Bertz CT molecular complexity index is 514. The first-order valence-electron chi connectivity index (χ1n) is 6.27. The number of carbonyl (C=O) groups is 2. The summed E-state index contributed by atoms with van der Waals surface area (Å²) >= 11 is 0. The van der Waals surface area contributed by atoms with Gasteiger partial charge in [0.2, 0.25) is 0 Å². The molecule has 1 aliphatic rings. The standard InChI is InChI=1S/C12H18N4O4/c1-12(2,3)20-11(18)15-5-8(6-15)16-7-13-9(14-16)10(17)19-4/h7-8H,5-6H2,1-4H3. The average molecular weight is 282 g/mol. The maximum atomic E-state index is 11.8. The van der Waals surface area contributed by atoms with E-state index in [0.717, 1.165) is 0 Å². The lowest BCUT2D eigenvalue weighted by molar-refractivity contribution is -0.000566. The monoisotopic (exact) mass is 282 g/mol. The fourth-order valence-corrected chi connectivity index (χ4v) is 1.73.